The number of aliphatic hydroxyl groups is 1. The molecule has 0 fully saturated rings. The van der Waals surface area contributed by atoms with Gasteiger partial charge >= 0.3 is 0 Å². The third-order valence-electron chi connectivity index (χ3n) is 2.77. The van der Waals surface area contributed by atoms with Crippen LogP contribution in [0.4, 0.5) is 4.39 Å². The SMILES string of the molecule is CCn1cc(CC(O)c2ccc(F)c(Cl)c2)cn1. The van der Waals surface area contributed by atoms with Gasteiger partial charge in [0.15, 0.2) is 0 Å². The second-order valence-electron chi connectivity index (χ2n) is 4.10. The molecule has 0 aliphatic carbocycles. The first-order valence-corrected chi connectivity index (χ1v) is 6.12. The van der Waals surface area contributed by atoms with Crippen molar-refractivity contribution in [1.82, 2.24) is 9.78 Å². The molecule has 18 heavy (non-hydrogen) atoms. The summed E-state index contributed by atoms with van der Waals surface area (Å²) in [6, 6.07) is 4.25. The van der Waals surface area contributed by atoms with Gasteiger partial charge in [0, 0.05) is 19.2 Å². The fraction of sp³-hybridized carbons (Fsp3) is 0.308. The highest BCUT2D eigenvalue weighted by molar-refractivity contribution is 6.30. The Morgan fingerprint density at radius 2 is 2.28 bits per heavy atom. The molecule has 0 saturated heterocycles. The van der Waals surface area contributed by atoms with Crippen molar-refractivity contribution in [3.8, 4) is 0 Å². The molecule has 0 saturated carbocycles. The van der Waals surface area contributed by atoms with Crippen LogP contribution in [-0.4, -0.2) is 14.9 Å². The van der Waals surface area contributed by atoms with E-state index in [1.54, 1.807) is 10.9 Å². The van der Waals surface area contributed by atoms with E-state index < -0.39 is 11.9 Å². The topological polar surface area (TPSA) is 38.0 Å². The molecule has 1 atom stereocenters. The van der Waals surface area contributed by atoms with Crippen molar-refractivity contribution in [2.24, 2.45) is 0 Å². The lowest BCUT2D eigenvalue weighted by atomic mass is 10.0. The predicted octanol–water partition coefficient (Wildman–Crippen LogP) is 2.97. The third kappa shape index (κ3) is 2.89. The summed E-state index contributed by atoms with van der Waals surface area (Å²) >= 11 is 5.68. The minimum absolute atomic E-state index is 0.0239. The minimum Gasteiger partial charge on any atom is -0.388 e. The number of rotatable bonds is 4. The molecule has 0 aliphatic heterocycles. The molecule has 1 heterocycles. The van der Waals surface area contributed by atoms with E-state index in [9.17, 15) is 9.50 Å². The monoisotopic (exact) mass is 268 g/mol. The quantitative estimate of drug-likeness (QED) is 0.926. The molecule has 1 unspecified atom stereocenters. The number of benzene rings is 1. The van der Waals surface area contributed by atoms with Crippen LogP contribution >= 0.6 is 11.6 Å². The summed E-state index contributed by atoms with van der Waals surface area (Å²) in [7, 11) is 0. The fourth-order valence-electron chi connectivity index (χ4n) is 1.75. The molecule has 1 aromatic heterocycles. The Bertz CT molecular complexity index is 542. The van der Waals surface area contributed by atoms with E-state index in [0.717, 1.165) is 12.1 Å². The van der Waals surface area contributed by atoms with Crippen molar-refractivity contribution >= 4 is 11.6 Å². The summed E-state index contributed by atoms with van der Waals surface area (Å²) in [6.07, 6.45) is 3.33. The van der Waals surface area contributed by atoms with Crippen LogP contribution in [0.5, 0.6) is 0 Å². The van der Waals surface area contributed by atoms with E-state index in [0.29, 0.717) is 12.0 Å². The lowest BCUT2D eigenvalue weighted by molar-refractivity contribution is 0.178. The summed E-state index contributed by atoms with van der Waals surface area (Å²) in [6.45, 7) is 2.78. The van der Waals surface area contributed by atoms with E-state index in [-0.39, 0.29) is 5.02 Å². The fourth-order valence-corrected chi connectivity index (χ4v) is 1.93. The molecule has 1 aromatic carbocycles. The number of halogens is 2. The molecular formula is C13H14ClFN2O. The van der Waals surface area contributed by atoms with Gasteiger partial charge < -0.3 is 5.11 Å². The average Bonchev–Trinajstić information content (AvgIpc) is 2.80. The lowest BCUT2D eigenvalue weighted by Gasteiger charge is -2.10. The van der Waals surface area contributed by atoms with Crippen LogP contribution in [0.15, 0.2) is 30.6 Å². The number of nitrogens with zero attached hydrogens (tertiary/aromatic N) is 2. The molecule has 5 heteroatoms. The van der Waals surface area contributed by atoms with Gasteiger partial charge in [0.2, 0.25) is 0 Å². The average molecular weight is 269 g/mol. The van der Waals surface area contributed by atoms with Crippen molar-refractivity contribution in [1.29, 1.82) is 0 Å². The van der Waals surface area contributed by atoms with Crippen LogP contribution in [0, 0.1) is 5.82 Å². The van der Waals surface area contributed by atoms with Gasteiger partial charge in [-0.05, 0) is 30.2 Å². The minimum atomic E-state index is -0.711. The van der Waals surface area contributed by atoms with E-state index >= 15 is 0 Å². The molecule has 2 rings (SSSR count). The van der Waals surface area contributed by atoms with Gasteiger partial charge in [-0.2, -0.15) is 5.10 Å². The van der Waals surface area contributed by atoms with Gasteiger partial charge in [0.1, 0.15) is 5.82 Å². The van der Waals surface area contributed by atoms with Crippen LogP contribution in [-0.2, 0) is 13.0 Å². The van der Waals surface area contributed by atoms with Gasteiger partial charge in [-0.15, -0.1) is 0 Å². The molecule has 1 N–H and O–H groups in total. The molecule has 0 bridgehead atoms. The molecule has 0 radical (unpaired) electrons. The molecule has 0 aliphatic rings. The van der Waals surface area contributed by atoms with Gasteiger partial charge in [-0.1, -0.05) is 17.7 Å². The molecule has 0 spiro atoms. The Morgan fingerprint density at radius 3 is 2.89 bits per heavy atom. The van der Waals surface area contributed by atoms with Crippen molar-refractivity contribution in [3.63, 3.8) is 0 Å². The van der Waals surface area contributed by atoms with Crippen LogP contribution in [0.25, 0.3) is 0 Å². The van der Waals surface area contributed by atoms with Crippen LogP contribution in [0.3, 0.4) is 0 Å². The second kappa shape index (κ2) is 5.50. The molecular weight excluding hydrogens is 255 g/mol. The summed E-state index contributed by atoms with van der Waals surface area (Å²) in [5.41, 5.74) is 1.54. The van der Waals surface area contributed by atoms with E-state index in [2.05, 4.69) is 5.10 Å². The lowest BCUT2D eigenvalue weighted by Crippen LogP contribution is -2.01. The first kappa shape index (κ1) is 13.1. The maximum atomic E-state index is 13.0. The predicted molar refractivity (Wildman–Crippen MR) is 68.0 cm³/mol. The van der Waals surface area contributed by atoms with E-state index in [1.165, 1.54) is 18.2 Å². The summed E-state index contributed by atoms with van der Waals surface area (Å²) in [5.74, 6) is -0.480. The van der Waals surface area contributed by atoms with Crippen molar-refractivity contribution in [2.75, 3.05) is 0 Å². The first-order valence-electron chi connectivity index (χ1n) is 5.74. The third-order valence-corrected chi connectivity index (χ3v) is 3.06. The smallest absolute Gasteiger partial charge is 0.141 e. The Hall–Kier alpha value is -1.39. The standard InChI is InChI=1S/C13H14ClFN2O/c1-2-17-8-9(7-16-17)5-13(18)10-3-4-12(15)11(14)6-10/h3-4,6-8,13,18H,2,5H2,1H3. The van der Waals surface area contributed by atoms with Crippen LogP contribution in [0.1, 0.15) is 24.2 Å². The molecule has 3 nitrogen and oxygen atoms in total. The zero-order chi connectivity index (χ0) is 13.1. The highest BCUT2D eigenvalue weighted by Crippen LogP contribution is 2.23. The number of aryl methyl sites for hydroxylation is 1. The second-order valence-corrected chi connectivity index (χ2v) is 4.50. The van der Waals surface area contributed by atoms with Gasteiger partial charge in [-0.3, -0.25) is 4.68 Å². The van der Waals surface area contributed by atoms with Gasteiger partial charge in [-0.25, -0.2) is 4.39 Å². The number of hydrogen-bond donors (Lipinski definition) is 1. The Balaban J connectivity index is 2.11. The zero-order valence-electron chi connectivity index (χ0n) is 9.98. The van der Waals surface area contributed by atoms with Gasteiger partial charge in [0.05, 0.1) is 17.3 Å². The summed E-state index contributed by atoms with van der Waals surface area (Å²) < 4.78 is 14.8. The Morgan fingerprint density at radius 1 is 1.50 bits per heavy atom. The Kier molecular flexibility index (Phi) is 3.99. The number of aliphatic hydroxyl groups excluding tert-OH is 1. The van der Waals surface area contributed by atoms with Crippen molar-refractivity contribution < 1.29 is 9.50 Å². The first-order chi connectivity index (χ1) is 8.60. The highest BCUT2D eigenvalue weighted by atomic mass is 35.5. The zero-order valence-corrected chi connectivity index (χ0v) is 10.7. The maximum Gasteiger partial charge on any atom is 0.141 e. The highest BCUT2D eigenvalue weighted by Gasteiger charge is 2.12. The van der Waals surface area contributed by atoms with Crippen molar-refractivity contribution in [3.05, 3.63) is 52.6 Å². The van der Waals surface area contributed by atoms with Gasteiger partial charge in [0.25, 0.3) is 0 Å². The van der Waals surface area contributed by atoms with Crippen molar-refractivity contribution in [2.45, 2.75) is 26.0 Å². The Labute approximate surface area is 110 Å². The van der Waals surface area contributed by atoms with E-state index in [4.69, 9.17) is 11.6 Å². The number of aromatic nitrogens is 2. The number of hydrogen-bond acceptors (Lipinski definition) is 2. The maximum absolute atomic E-state index is 13.0. The largest absolute Gasteiger partial charge is 0.388 e. The molecule has 0 amide bonds. The van der Waals surface area contributed by atoms with E-state index in [1.807, 2.05) is 13.1 Å². The summed E-state index contributed by atoms with van der Waals surface area (Å²) in [5, 5.41) is 14.2. The molecule has 96 valence electrons. The van der Waals surface area contributed by atoms with Crippen LogP contribution < -0.4 is 0 Å². The normalized spacial score (nSPS) is 12.7. The molecule has 2 aromatic rings. The summed E-state index contributed by atoms with van der Waals surface area (Å²) in [4.78, 5) is 0. The van der Waals surface area contributed by atoms with Crippen LogP contribution in [0.2, 0.25) is 5.02 Å².